The van der Waals surface area contributed by atoms with Crippen LogP contribution in [0.25, 0.3) is 0 Å². The number of halogens is 2. The van der Waals surface area contributed by atoms with Crippen LogP contribution in [0.15, 0.2) is 22.7 Å². The SMILES string of the molecule is CN1C(=O)CC(c2ccc(Br)cc2Cl)C1=O. The quantitative estimate of drug-likeness (QED) is 0.748. The summed E-state index contributed by atoms with van der Waals surface area (Å²) in [6, 6.07) is 5.33. The number of carbonyl (C=O) groups is 2. The molecule has 0 aromatic heterocycles. The molecule has 2 rings (SSSR count). The summed E-state index contributed by atoms with van der Waals surface area (Å²) in [4.78, 5) is 24.3. The minimum Gasteiger partial charge on any atom is -0.285 e. The minimum atomic E-state index is -0.432. The molecular weight excluding hydrogens is 293 g/mol. The van der Waals surface area contributed by atoms with Crippen molar-refractivity contribution < 1.29 is 9.59 Å². The number of hydrogen-bond donors (Lipinski definition) is 0. The average Bonchev–Trinajstić information content (AvgIpc) is 2.46. The van der Waals surface area contributed by atoms with Gasteiger partial charge in [0.05, 0.1) is 5.92 Å². The van der Waals surface area contributed by atoms with Crippen LogP contribution < -0.4 is 0 Å². The molecule has 1 unspecified atom stereocenters. The summed E-state index contributed by atoms with van der Waals surface area (Å²) in [5.41, 5.74) is 0.715. The summed E-state index contributed by atoms with van der Waals surface area (Å²) < 4.78 is 0.853. The van der Waals surface area contributed by atoms with E-state index in [0.717, 1.165) is 9.37 Å². The van der Waals surface area contributed by atoms with Gasteiger partial charge in [0, 0.05) is 23.0 Å². The van der Waals surface area contributed by atoms with Gasteiger partial charge in [-0.15, -0.1) is 0 Å². The highest BCUT2D eigenvalue weighted by Gasteiger charge is 2.37. The molecule has 2 amide bonds. The molecule has 1 aliphatic heterocycles. The number of likely N-dealkylation sites (N-methyl/N-ethyl adjacent to an activating group) is 1. The zero-order chi connectivity index (χ0) is 11.9. The minimum absolute atomic E-state index is 0.158. The highest BCUT2D eigenvalue weighted by atomic mass is 79.9. The second kappa shape index (κ2) is 4.18. The van der Waals surface area contributed by atoms with Crippen LogP contribution in [0.2, 0.25) is 5.02 Å². The Kier molecular flexibility index (Phi) is 3.04. The van der Waals surface area contributed by atoms with Gasteiger partial charge in [0.15, 0.2) is 0 Å². The predicted octanol–water partition coefficient (Wildman–Crippen LogP) is 2.57. The van der Waals surface area contributed by atoms with Crippen LogP contribution in [0.4, 0.5) is 0 Å². The molecule has 0 N–H and O–H groups in total. The van der Waals surface area contributed by atoms with Crippen molar-refractivity contribution in [3.8, 4) is 0 Å². The zero-order valence-corrected chi connectivity index (χ0v) is 10.9. The predicted molar refractivity (Wildman–Crippen MR) is 64.3 cm³/mol. The molecule has 0 aliphatic carbocycles. The normalized spacial score (nSPS) is 20.7. The summed E-state index contributed by atoms with van der Waals surface area (Å²) in [7, 11) is 1.50. The average molecular weight is 303 g/mol. The summed E-state index contributed by atoms with van der Waals surface area (Å²) in [5, 5.41) is 0.510. The van der Waals surface area contributed by atoms with E-state index in [4.69, 9.17) is 11.6 Å². The van der Waals surface area contributed by atoms with Gasteiger partial charge in [-0.1, -0.05) is 33.6 Å². The summed E-state index contributed by atoms with van der Waals surface area (Å²) in [6.07, 6.45) is 0.205. The molecule has 84 valence electrons. The van der Waals surface area contributed by atoms with Gasteiger partial charge in [-0.05, 0) is 17.7 Å². The fourth-order valence-corrected chi connectivity index (χ4v) is 2.59. The van der Waals surface area contributed by atoms with E-state index < -0.39 is 5.92 Å². The smallest absolute Gasteiger partial charge is 0.237 e. The maximum Gasteiger partial charge on any atom is 0.237 e. The van der Waals surface area contributed by atoms with Crippen LogP contribution in [-0.2, 0) is 9.59 Å². The molecule has 1 fully saturated rings. The van der Waals surface area contributed by atoms with Gasteiger partial charge in [-0.3, -0.25) is 14.5 Å². The maximum atomic E-state index is 11.8. The highest BCUT2D eigenvalue weighted by molar-refractivity contribution is 9.10. The highest BCUT2D eigenvalue weighted by Crippen LogP contribution is 2.34. The van der Waals surface area contributed by atoms with Gasteiger partial charge < -0.3 is 0 Å². The van der Waals surface area contributed by atoms with Crippen molar-refractivity contribution in [3.05, 3.63) is 33.3 Å². The van der Waals surface area contributed by atoms with Crippen molar-refractivity contribution in [1.82, 2.24) is 4.90 Å². The maximum absolute atomic E-state index is 11.8. The lowest BCUT2D eigenvalue weighted by atomic mass is 9.98. The molecule has 1 aromatic rings. The number of imide groups is 1. The van der Waals surface area contributed by atoms with Gasteiger partial charge in [0.1, 0.15) is 0 Å². The van der Waals surface area contributed by atoms with Crippen molar-refractivity contribution in [1.29, 1.82) is 0 Å². The van der Waals surface area contributed by atoms with E-state index in [-0.39, 0.29) is 18.2 Å². The lowest BCUT2D eigenvalue weighted by Gasteiger charge is -2.10. The van der Waals surface area contributed by atoms with Crippen molar-refractivity contribution in [3.63, 3.8) is 0 Å². The Morgan fingerprint density at radius 3 is 2.62 bits per heavy atom. The molecule has 1 saturated heterocycles. The second-order valence-electron chi connectivity index (χ2n) is 3.71. The fraction of sp³-hybridized carbons (Fsp3) is 0.273. The fourth-order valence-electron chi connectivity index (χ4n) is 1.78. The molecule has 0 spiro atoms. The van der Waals surface area contributed by atoms with Crippen LogP contribution in [-0.4, -0.2) is 23.8 Å². The molecular formula is C11H9BrClNO2. The van der Waals surface area contributed by atoms with Crippen LogP contribution in [0.5, 0.6) is 0 Å². The van der Waals surface area contributed by atoms with Crippen molar-refractivity contribution in [2.45, 2.75) is 12.3 Å². The molecule has 1 aromatic carbocycles. The molecule has 5 heteroatoms. The lowest BCUT2D eigenvalue weighted by Crippen LogP contribution is -2.25. The Hall–Kier alpha value is -0.870. The molecule has 16 heavy (non-hydrogen) atoms. The van der Waals surface area contributed by atoms with Gasteiger partial charge >= 0.3 is 0 Å². The monoisotopic (exact) mass is 301 g/mol. The van der Waals surface area contributed by atoms with E-state index in [9.17, 15) is 9.59 Å². The molecule has 1 aliphatic rings. The first-order valence-corrected chi connectivity index (χ1v) is 5.93. The molecule has 0 radical (unpaired) electrons. The van der Waals surface area contributed by atoms with Crippen LogP contribution in [0.3, 0.4) is 0 Å². The Morgan fingerprint density at radius 2 is 2.12 bits per heavy atom. The van der Waals surface area contributed by atoms with E-state index in [1.807, 2.05) is 6.07 Å². The molecule has 0 bridgehead atoms. The summed E-state index contributed by atoms with van der Waals surface area (Å²) >= 11 is 9.36. The van der Waals surface area contributed by atoms with E-state index >= 15 is 0 Å². The van der Waals surface area contributed by atoms with Crippen molar-refractivity contribution in [2.75, 3.05) is 7.05 Å². The summed E-state index contributed by atoms with van der Waals surface area (Å²) in [5.74, 6) is -0.777. The van der Waals surface area contributed by atoms with Gasteiger partial charge in [-0.2, -0.15) is 0 Å². The van der Waals surface area contributed by atoms with E-state index in [2.05, 4.69) is 15.9 Å². The second-order valence-corrected chi connectivity index (χ2v) is 5.04. The standard InChI is InChI=1S/C11H9BrClNO2/c1-14-10(15)5-8(11(14)16)7-3-2-6(12)4-9(7)13/h2-4,8H,5H2,1H3. The number of nitrogens with zero attached hydrogens (tertiary/aromatic N) is 1. The zero-order valence-electron chi connectivity index (χ0n) is 8.54. The van der Waals surface area contributed by atoms with Crippen LogP contribution in [0.1, 0.15) is 17.9 Å². The number of benzene rings is 1. The third kappa shape index (κ3) is 1.87. The van der Waals surface area contributed by atoms with E-state index in [1.165, 1.54) is 7.05 Å². The number of carbonyl (C=O) groups excluding carboxylic acids is 2. The van der Waals surface area contributed by atoms with E-state index in [0.29, 0.717) is 10.6 Å². The van der Waals surface area contributed by atoms with Crippen molar-refractivity contribution >= 4 is 39.3 Å². The Balaban J connectivity index is 2.39. The number of hydrogen-bond acceptors (Lipinski definition) is 2. The lowest BCUT2D eigenvalue weighted by molar-refractivity contribution is -0.137. The summed E-state index contributed by atoms with van der Waals surface area (Å²) in [6.45, 7) is 0. The van der Waals surface area contributed by atoms with Gasteiger partial charge in [-0.25, -0.2) is 0 Å². The Labute approximate surface area is 107 Å². The van der Waals surface area contributed by atoms with Gasteiger partial charge in [0.2, 0.25) is 11.8 Å². The third-order valence-corrected chi connectivity index (χ3v) is 3.54. The largest absolute Gasteiger partial charge is 0.285 e. The molecule has 0 saturated carbocycles. The number of likely N-dealkylation sites (tertiary alicyclic amines) is 1. The molecule has 1 atom stereocenters. The number of rotatable bonds is 1. The van der Waals surface area contributed by atoms with Crippen LogP contribution >= 0.6 is 27.5 Å². The van der Waals surface area contributed by atoms with Crippen LogP contribution in [0, 0.1) is 0 Å². The first kappa shape index (κ1) is 11.6. The first-order valence-electron chi connectivity index (χ1n) is 4.76. The topological polar surface area (TPSA) is 37.4 Å². The van der Waals surface area contributed by atoms with Gasteiger partial charge in [0.25, 0.3) is 0 Å². The Bertz CT molecular complexity index is 475. The Morgan fingerprint density at radius 1 is 1.44 bits per heavy atom. The number of amides is 2. The first-order chi connectivity index (χ1) is 7.50. The third-order valence-electron chi connectivity index (χ3n) is 2.72. The van der Waals surface area contributed by atoms with Crippen molar-refractivity contribution in [2.24, 2.45) is 0 Å². The molecule has 3 nitrogen and oxygen atoms in total. The van der Waals surface area contributed by atoms with E-state index in [1.54, 1.807) is 12.1 Å². The molecule has 1 heterocycles.